The van der Waals surface area contributed by atoms with Gasteiger partial charge in [-0.3, -0.25) is 14.5 Å². The monoisotopic (exact) mass is 798 g/mol. The number of amides is 1. The number of likely N-dealkylation sites (N-methyl/N-ethyl adjacent to an activating group) is 1. The van der Waals surface area contributed by atoms with Gasteiger partial charge < -0.3 is 29.4 Å². The predicted molar refractivity (Wildman–Crippen MR) is 236 cm³/mol. The molecule has 0 bridgehead atoms. The number of aromatic hydroxyl groups is 1. The molecule has 59 heavy (non-hydrogen) atoms. The minimum Gasteiger partial charge on any atom is -0.508 e. The molecule has 1 N–H and O–H groups in total. The second-order valence-corrected chi connectivity index (χ2v) is 17.0. The lowest BCUT2D eigenvalue weighted by Crippen LogP contribution is -2.49. The highest BCUT2D eigenvalue weighted by Gasteiger charge is 2.35. The van der Waals surface area contributed by atoms with E-state index >= 15 is 0 Å². The average molecular weight is 799 g/mol. The molecule has 0 radical (unpaired) electrons. The highest BCUT2D eigenvalue weighted by Crippen LogP contribution is 2.40. The van der Waals surface area contributed by atoms with Crippen LogP contribution in [0.3, 0.4) is 0 Å². The summed E-state index contributed by atoms with van der Waals surface area (Å²) in [4.78, 5) is 57.1. The van der Waals surface area contributed by atoms with Gasteiger partial charge in [0, 0.05) is 74.9 Å². The van der Waals surface area contributed by atoms with E-state index in [-0.39, 0.29) is 36.3 Å². The smallest absolute Gasteiger partial charge is 0.254 e. The van der Waals surface area contributed by atoms with Gasteiger partial charge in [-0.2, -0.15) is 0 Å². The molecule has 3 aromatic carbocycles. The highest BCUT2D eigenvalue weighted by molar-refractivity contribution is 6.02. The first-order chi connectivity index (χ1) is 28.5. The fourth-order valence-corrected chi connectivity index (χ4v) is 9.83. The maximum absolute atomic E-state index is 13.4. The summed E-state index contributed by atoms with van der Waals surface area (Å²) >= 11 is 0. The molecule has 6 rings (SSSR count). The number of hydrogen-bond acceptors (Lipinski definition) is 8. The molecular formula is C50H62N4O5. The number of phenols is 1. The quantitative estimate of drug-likeness (QED) is 0.107. The second kappa shape index (κ2) is 19.8. The van der Waals surface area contributed by atoms with E-state index in [9.17, 15) is 24.3 Å². The van der Waals surface area contributed by atoms with Crippen molar-refractivity contribution in [2.45, 2.75) is 108 Å². The fraction of sp³-hybridized carbons (Fsp3) is 0.440. The Hall–Kier alpha value is -5.12. The molecule has 2 fully saturated rings. The zero-order chi connectivity index (χ0) is 42.2. The van der Waals surface area contributed by atoms with Crippen molar-refractivity contribution in [3.63, 3.8) is 0 Å². The number of rotatable bonds is 17. The first-order valence-electron chi connectivity index (χ1n) is 21.3. The van der Waals surface area contributed by atoms with Gasteiger partial charge in [-0.05, 0) is 129 Å². The van der Waals surface area contributed by atoms with Crippen molar-refractivity contribution in [3.05, 3.63) is 131 Å². The lowest BCUT2D eigenvalue weighted by molar-refractivity contribution is -0.112. The first kappa shape index (κ1) is 43.5. The van der Waals surface area contributed by atoms with Gasteiger partial charge in [0.15, 0.2) is 6.29 Å². The average Bonchev–Trinajstić information content (AvgIpc) is 3.69. The summed E-state index contributed by atoms with van der Waals surface area (Å²) < 4.78 is 0. The van der Waals surface area contributed by atoms with Crippen LogP contribution in [0.15, 0.2) is 91.6 Å². The van der Waals surface area contributed by atoms with Gasteiger partial charge in [0.05, 0.1) is 11.6 Å². The van der Waals surface area contributed by atoms with E-state index in [1.165, 1.54) is 21.7 Å². The molecule has 0 spiro atoms. The number of anilines is 1. The number of fused-ring (bicyclic) bond motifs is 1. The molecule has 312 valence electrons. The highest BCUT2D eigenvalue weighted by atomic mass is 16.3. The van der Waals surface area contributed by atoms with Gasteiger partial charge in [0.1, 0.15) is 18.3 Å². The Morgan fingerprint density at radius 1 is 0.915 bits per heavy atom. The molecule has 2 heterocycles. The minimum absolute atomic E-state index is 0.0949. The van der Waals surface area contributed by atoms with Gasteiger partial charge in [-0.25, -0.2) is 0 Å². The van der Waals surface area contributed by atoms with Gasteiger partial charge in [0.25, 0.3) is 5.91 Å². The van der Waals surface area contributed by atoms with Crippen LogP contribution in [0.1, 0.15) is 113 Å². The maximum Gasteiger partial charge on any atom is 0.254 e. The summed E-state index contributed by atoms with van der Waals surface area (Å²) in [6, 6.07) is 19.3. The Morgan fingerprint density at radius 2 is 1.58 bits per heavy atom. The van der Waals surface area contributed by atoms with Crippen molar-refractivity contribution in [2.24, 2.45) is 5.92 Å². The minimum atomic E-state index is -0.719. The molecule has 9 nitrogen and oxygen atoms in total. The number of nitrogens with zero attached hydrogens (tertiary/aromatic N) is 4. The standard InChI is InChI=1S/C50H62N4O5/c1-7-8-10-34(2)36(4)49(47-21-20-46(58)27-35(47)3)37-12-14-43(15-13-37)53-24-22-42(23-25-53)51(5)41-16-18-44(19-17-41)54-30-38-28-40(32-56)48(29-39(38)31-54)50(59)52(6)45(33-57)11-9-26-55/h7-8,10,12-15,20-21,26-29,32-33,36,41-42,44-45,49,58H,1-2,9,11,16-19,22-25,30-31H2,3-6H3/b10-8-/t36-,41?,44?,45?,49-/m1/s1. The number of allylic oxidation sites excluding steroid dienone is 4. The van der Waals surface area contributed by atoms with Gasteiger partial charge in [-0.15, -0.1) is 0 Å². The molecule has 3 aliphatic rings. The molecule has 0 aromatic heterocycles. The largest absolute Gasteiger partial charge is 0.508 e. The van der Waals surface area contributed by atoms with Crippen LogP contribution in [0, 0.1) is 12.8 Å². The van der Waals surface area contributed by atoms with Gasteiger partial charge in [-0.1, -0.05) is 62.1 Å². The Kier molecular flexibility index (Phi) is 14.6. The summed E-state index contributed by atoms with van der Waals surface area (Å²) in [6.07, 6.45) is 15.1. The van der Waals surface area contributed by atoms with Crippen LogP contribution in [0.2, 0.25) is 0 Å². The van der Waals surface area contributed by atoms with Crippen LogP contribution in [-0.2, 0) is 22.7 Å². The first-order valence-corrected chi connectivity index (χ1v) is 21.3. The van der Waals surface area contributed by atoms with E-state index in [1.54, 1.807) is 19.2 Å². The van der Waals surface area contributed by atoms with Crippen LogP contribution in [0.25, 0.3) is 0 Å². The number of piperidine rings is 1. The molecule has 1 aliphatic carbocycles. The van der Waals surface area contributed by atoms with Crippen molar-refractivity contribution in [1.82, 2.24) is 14.7 Å². The van der Waals surface area contributed by atoms with Gasteiger partial charge >= 0.3 is 0 Å². The molecule has 9 heteroatoms. The molecule has 1 saturated carbocycles. The fourth-order valence-electron chi connectivity index (χ4n) is 9.83. The van der Waals surface area contributed by atoms with Gasteiger partial charge in [0.2, 0.25) is 0 Å². The molecule has 2 aliphatic heterocycles. The third-order valence-electron chi connectivity index (χ3n) is 13.6. The molecule has 3 aromatic rings. The Morgan fingerprint density at radius 3 is 2.19 bits per heavy atom. The maximum atomic E-state index is 13.4. The Labute approximate surface area is 351 Å². The van der Waals surface area contributed by atoms with Crippen LogP contribution in [-0.4, -0.2) is 95.9 Å². The van der Waals surface area contributed by atoms with E-state index in [1.807, 2.05) is 36.4 Å². The summed E-state index contributed by atoms with van der Waals surface area (Å²) in [5.74, 6) is 0.145. The number of aldehydes is 3. The Bertz CT molecular complexity index is 2020. The summed E-state index contributed by atoms with van der Waals surface area (Å²) in [5.41, 5.74) is 8.59. The number of hydrogen-bond donors (Lipinski definition) is 1. The second-order valence-electron chi connectivity index (χ2n) is 17.0. The Balaban J connectivity index is 1.02. The molecule has 1 amide bonds. The number of carbonyl (C=O) groups excluding carboxylic acids is 4. The summed E-state index contributed by atoms with van der Waals surface area (Å²) in [6.45, 7) is 16.0. The van der Waals surface area contributed by atoms with Crippen molar-refractivity contribution in [1.29, 1.82) is 0 Å². The van der Waals surface area contributed by atoms with Crippen molar-refractivity contribution >= 4 is 30.5 Å². The van der Waals surface area contributed by atoms with E-state index < -0.39 is 6.04 Å². The van der Waals surface area contributed by atoms with Crippen molar-refractivity contribution in [3.8, 4) is 5.75 Å². The van der Waals surface area contributed by atoms with Crippen molar-refractivity contribution in [2.75, 3.05) is 32.1 Å². The predicted octanol–water partition coefficient (Wildman–Crippen LogP) is 8.43. The summed E-state index contributed by atoms with van der Waals surface area (Å²) in [5, 5.41) is 10.1. The van der Waals surface area contributed by atoms with Crippen molar-refractivity contribution < 1.29 is 24.3 Å². The molecule has 1 unspecified atom stereocenters. The van der Waals surface area contributed by atoms with E-state index in [0.29, 0.717) is 35.5 Å². The molecule has 1 saturated heterocycles. The van der Waals surface area contributed by atoms with E-state index in [2.05, 4.69) is 73.0 Å². The molecular weight excluding hydrogens is 737 g/mol. The molecule has 3 atom stereocenters. The third-order valence-corrected chi connectivity index (χ3v) is 13.6. The zero-order valence-electron chi connectivity index (χ0n) is 35.4. The van der Waals surface area contributed by atoms with Crippen LogP contribution in [0.5, 0.6) is 5.75 Å². The zero-order valence-corrected chi connectivity index (χ0v) is 35.4. The number of phenolic OH excluding ortho intramolecular Hbond substituents is 1. The number of aryl methyl sites for hydroxylation is 1. The number of benzene rings is 3. The number of carbonyl (C=O) groups is 4. The van der Waals surface area contributed by atoms with Crippen LogP contribution >= 0.6 is 0 Å². The lowest BCUT2D eigenvalue weighted by Gasteiger charge is -2.44. The topological polar surface area (TPSA) is 101 Å². The normalized spacial score (nSPS) is 20.2. The SMILES string of the molecule is C=C/C=C\C(=C)[C@@H](C)[C@H](c1ccc(N2CCC(N(C)C3CCC(N4Cc5cc(C=O)c(C(=O)N(C)C(C=O)CCC=O)cc5C4)CC3)CC2)cc1)c1ccc(O)cc1C. The van der Waals surface area contributed by atoms with Crippen LogP contribution in [0.4, 0.5) is 5.69 Å². The van der Waals surface area contributed by atoms with E-state index in [0.717, 1.165) is 99.5 Å². The van der Waals surface area contributed by atoms with E-state index in [4.69, 9.17) is 0 Å². The lowest BCUT2D eigenvalue weighted by atomic mass is 9.76. The summed E-state index contributed by atoms with van der Waals surface area (Å²) in [7, 11) is 3.88. The third kappa shape index (κ3) is 9.85. The van der Waals surface area contributed by atoms with Crippen LogP contribution < -0.4 is 4.90 Å².